The molecule has 1 rings (SSSR count). The number of aromatic hydroxyl groups is 1. The van der Waals surface area contributed by atoms with Gasteiger partial charge >= 0.3 is 5.97 Å². The summed E-state index contributed by atoms with van der Waals surface area (Å²) in [5, 5.41) is 18.4. The molecule has 0 saturated carbocycles. The molecule has 0 bridgehead atoms. The van der Waals surface area contributed by atoms with Gasteiger partial charge in [0.2, 0.25) is 0 Å². The van der Waals surface area contributed by atoms with Crippen LogP contribution < -0.4 is 0 Å². The van der Waals surface area contributed by atoms with Gasteiger partial charge in [-0.2, -0.15) is 0 Å². The van der Waals surface area contributed by atoms with Crippen LogP contribution in [0.2, 0.25) is 0 Å². The molecule has 0 atom stereocenters. The Kier molecular flexibility index (Phi) is 4.32. The Balaban J connectivity index is 3.33. The van der Waals surface area contributed by atoms with E-state index in [4.69, 9.17) is 5.11 Å². The molecule has 0 saturated heterocycles. The third-order valence-electron chi connectivity index (χ3n) is 2.66. The van der Waals surface area contributed by atoms with Crippen molar-refractivity contribution in [3.8, 4) is 5.75 Å². The molecule has 1 aromatic rings. The number of aliphatic carboxylic acids is 1. The molecule has 0 heterocycles. The Bertz CT molecular complexity index is 436. The molecule has 0 fully saturated rings. The van der Waals surface area contributed by atoms with Gasteiger partial charge in [-0.25, -0.2) is 4.79 Å². The Hall–Kier alpha value is -1.77. The highest BCUT2D eigenvalue weighted by atomic mass is 16.4. The van der Waals surface area contributed by atoms with Crippen molar-refractivity contribution < 1.29 is 15.0 Å². The normalized spacial score (nSPS) is 11.6. The van der Waals surface area contributed by atoms with Crippen molar-refractivity contribution in [3.05, 3.63) is 34.9 Å². The predicted octanol–water partition coefficient (Wildman–Crippen LogP) is 3.28. The number of hydrogen-bond donors (Lipinski definition) is 2. The van der Waals surface area contributed by atoms with E-state index in [1.165, 1.54) is 6.08 Å². The highest BCUT2D eigenvalue weighted by Crippen LogP contribution is 2.29. The third kappa shape index (κ3) is 3.34. The van der Waals surface area contributed by atoms with Gasteiger partial charge in [-0.1, -0.05) is 13.3 Å². The minimum absolute atomic E-state index is 0.218. The molecule has 0 radical (unpaired) electrons. The van der Waals surface area contributed by atoms with E-state index in [1.807, 2.05) is 20.8 Å². The molecule has 0 unspecified atom stereocenters. The molecule has 17 heavy (non-hydrogen) atoms. The summed E-state index contributed by atoms with van der Waals surface area (Å²) in [6.07, 6.45) is 2.87. The topological polar surface area (TPSA) is 57.5 Å². The number of aryl methyl sites for hydroxylation is 2. The maximum atomic E-state index is 10.8. The van der Waals surface area contributed by atoms with Crippen molar-refractivity contribution >= 4 is 11.5 Å². The second-order valence-corrected chi connectivity index (χ2v) is 4.21. The van der Waals surface area contributed by atoms with E-state index in [1.54, 1.807) is 12.1 Å². The molecule has 0 aromatic heterocycles. The number of benzene rings is 1. The molecular weight excluding hydrogens is 216 g/mol. The Morgan fingerprint density at radius 2 is 1.82 bits per heavy atom. The average Bonchev–Trinajstić information content (AvgIpc) is 2.14. The molecular formula is C14H18O3. The lowest BCUT2D eigenvalue weighted by Gasteiger charge is -2.13. The van der Waals surface area contributed by atoms with Crippen LogP contribution in [-0.2, 0) is 4.79 Å². The number of allylic oxidation sites excluding steroid dienone is 1. The molecule has 92 valence electrons. The van der Waals surface area contributed by atoms with Crippen molar-refractivity contribution in [1.29, 1.82) is 0 Å². The maximum absolute atomic E-state index is 10.8. The maximum Gasteiger partial charge on any atom is 0.328 e. The van der Waals surface area contributed by atoms with Crippen molar-refractivity contribution in [2.24, 2.45) is 0 Å². The first-order valence-corrected chi connectivity index (χ1v) is 5.69. The minimum Gasteiger partial charge on any atom is -0.508 e. The van der Waals surface area contributed by atoms with Gasteiger partial charge in [0.05, 0.1) is 0 Å². The molecule has 0 aliphatic carbocycles. The van der Waals surface area contributed by atoms with Crippen LogP contribution in [0.25, 0.3) is 5.57 Å². The second kappa shape index (κ2) is 5.53. The van der Waals surface area contributed by atoms with Crippen LogP contribution in [0.3, 0.4) is 0 Å². The molecule has 3 nitrogen and oxygen atoms in total. The first-order valence-electron chi connectivity index (χ1n) is 5.69. The number of rotatable bonds is 4. The number of hydrogen-bond acceptors (Lipinski definition) is 2. The zero-order chi connectivity index (χ0) is 13.0. The van der Waals surface area contributed by atoms with Crippen molar-refractivity contribution in [1.82, 2.24) is 0 Å². The Morgan fingerprint density at radius 3 is 2.24 bits per heavy atom. The third-order valence-corrected chi connectivity index (χ3v) is 2.66. The first-order chi connectivity index (χ1) is 7.95. The van der Waals surface area contributed by atoms with E-state index in [-0.39, 0.29) is 5.75 Å². The minimum atomic E-state index is -0.930. The molecule has 0 spiro atoms. The molecule has 0 amide bonds. The standard InChI is InChI=1S/C14H18O3/c1-4-5-11(8-13(16)17)14-9(2)6-12(15)7-10(14)3/h6-8,15H,4-5H2,1-3H3,(H,16,17)/b11-8+. The molecule has 1 aromatic carbocycles. The summed E-state index contributed by atoms with van der Waals surface area (Å²) in [5.74, 6) is -0.713. The highest BCUT2D eigenvalue weighted by molar-refractivity contribution is 5.91. The Labute approximate surface area is 101 Å². The molecule has 3 heteroatoms. The summed E-state index contributed by atoms with van der Waals surface area (Å²) in [4.78, 5) is 10.8. The van der Waals surface area contributed by atoms with Crippen LogP contribution in [0.1, 0.15) is 36.5 Å². The summed E-state index contributed by atoms with van der Waals surface area (Å²) in [7, 11) is 0. The largest absolute Gasteiger partial charge is 0.508 e. The fourth-order valence-corrected chi connectivity index (χ4v) is 2.13. The van der Waals surface area contributed by atoms with E-state index < -0.39 is 5.97 Å². The second-order valence-electron chi connectivity index (χ2n) is 4.21. The van der Waals surface area contributed by atoms with E-state index in [9.17, 15) is 9.90 Å². The number of phenols is 1. The van der Waals surface area contributed by atoms with E-state index in [0.29, 0.717) is 0 Å². The fourth-order valence-electron chi connectivity index (χ4n) is 2.13. The SMILES string of the molecule is CCC/C(=C\C(=O)O)c1c(C)cc(O)cc1C. The number of carbonyl (C=O) groups is 1. The zero-order valence-electron chi connectivity index (χ0n) is 10.4. The lowest BCUT2D eigenvalue weighted by Crippen LogP contribution is -1.97. The van der Waals surface area contributed by atoms with E-state index in [0.717, 1.165) is 35.1 Å². The highest BCUT2D eigenvalue weighted by Gasteiger charge is 2.10. The van der Waals surface area contributed by atoms with Crippen molar-refractivity contribution in [2.45, 2.75) is 33.6 Å². The summed E-state index contributed by atoms with van der Waals surface area (Å²) in [6.45, 7) is 5.78. The van der Waals surface area contributed by atoms with Gasteiger partial charge in [0.25, 0.3) is 0 Å². The summed E-state index contributed by atoms with van der Waals surface area (Å²) < 4.78 is 0. The summed E-state index contributed by atoms with van der Waals surface area (Å²) >= 11 is 0. The summed E-state index contributed by atoms with van der Waals surface area (Å²) in [6, 6.07) is 3.32. The van der Waals surface area contributed by atoms with Gasteiger partial charge in [0, 0.05) is 6.08 Å². The Morgan fingerprint density at radius 1 is 1.29 bits per heavy atom. The first kappa shape index (κ1) is 13.3. The van der Waals surface area contributed by atoms with E-state index >= 15 is 0 Å². The van der Waals surface area contributed by atoms with Crippen molar-refractivity contribution in [2.75, 3.05) is 0 Å². The van der Waals surface area contributed by atoms with Crippen molar-refractivity contribution in [3.63, 3.8) is 0 Å². The summed E-state index contributed by atoms with van der Waals surface area (Å²) in [5.41, 5.74) is 3.56. The number of carboxylic acids is 1. The lowest BCUT2D eigenvalue weighted by molar-refractivity contribution is -0.131. The van der Waals surface area contributed by atoms with Crippen LogP contribution in [0.15, 0.2) is 18.2 Å². The zero-order valence-corrected chi connectivity index (χ0v) is 10.4. The van der Waals surface area contributed by atoms with Crippen LogP contribution in [0.4, 0.5) is 0 Å². The molecule has 2 N–H and O–H groups in total. The van der Waals surface area contributed by atoms with Crippen LogP contribution >= 0.6 is 0 Å². The molecule has 0 aliphatic heterocycles. The van der Waals surface area contributed by atoms with Gasteiger partial charge in [0.1, 0.15) is 5.75 Å². The van der Waals surface area contributed by atoms with Crippen LogP contribution in [-0.4, -0.2) is 16.2 Å². The fraction of sp³-hybridized carbons (Fsp3) is 0.357. The smallest absolute Gasteiger partial charge is 0.328 e. The quantitative estimate of drug-likeness (QED) is 0.786. The predicted molar refractivity (Wildman–Crippen MR) is 68.1 cm³/mol. The van der Waals surface area contributed by atoms with Crippen LogP contribution in [0, 0.1) is 13.8 Å². The van der Waals surface area contributed by atoms with Gasteiger partial charge in [-0.15, -0.1) is 0 Å². The lowest BCUT2D eigenvalue weighted by atomic mass is 9.92. The van der Waals surface area contributed by atoms with Gasteiger partial charge in [-0.05, 0) is 54.7 Å². The number of phenolic OH excluding ortho intramolecular Hbond substituents is 1. The van der Waals surface area contributed by atoms with Crippen LogP contribution in [0.5, 0.6) is 5.75 Å². The molecule has 0 aliphatic rings. The number of carboxylic acid groups (broad SMARTS) is 1. The van der Waals surface area contributed by atoms with E-state index in [2.05, 4.69) is 0 Å². The van der Waals surface area contributed by atoms with Gasteiger partial charge < -0.3 is 10.2 Å². The average molecular weight is 234 g/mol. The monoisotopic (exact) mass is 234 g/mol. The van der Waals surface area contributed by atoms with Gasteiger partial charge in [0.15, 0.2) is 0 Å². The van der Waals surface area contributed by atoms with Gasteiger partial charge in [-0.3, -0.25) is 0 Å².